The van der Waals surface area contributed by atoms with Crippen LogP contribution in [0.5, 0.6) is 0 Å². The Morgan fingerprint density at radius 3 is 2.19 bits per heavy atom. The van der Waals surface area contributed by atoms with Gasteiger partial charge in [-0.2, -0.15) is 0 Å². The molecule has 0 aliphatic carbocycles. The van der Waals surface area contributed by atoms with E-state index in [9.17, 15) is 0 Å². The average molecular weight is 241 g/mol. The fourth-order valence-electron chi connectivity index (χ4n) is 1.19. The standard InChI is InChI=1S/C12H19NO2S/c1-12(8-14,9-15)7-13-10-3-5-11(16-2)6-4-10/h3-6,13-15H,7-9H2,1-2H3. The van der Waals surface area contributed by atoms with Crippen molar-refractivity contribution in [2.75, 3.05) is 31.3 Å². The molecule has 90 valence electrons. The van der Waals surface area contributed by atoms with Crippen LogP contribution < -0.4 is 5.32 Å². The predicted molar refractivity (Wildman–Crippen MR) is 69.0 cm³/mol. The van der Waals surface area contributed by atoms with Crippen LogP contribution in [0.1, 0.15) is 6.92 Å². The van der Waals surface area contributed by atoms with Gasteiger partial charge in [-0.1, -0.05) is 6.92 Å². The quantitative estimate of drug-likeness (QED) is 0.665. The van der Waals surface area contributed by atoms with E-state index in [0.29, 0.717) is 6.54 Å². The van der Waals surface area contributed by atoms with E-state index in [4.69, 9.17) is 10.2 Å². The minimum absolute atomic E-state index is 0.0284. The van der Waals surface area contributed by atoms with Crippen LogP contribution in [-0.2, 0) is 0 Å². The van der Waals surface area contributed by atoms with Crippen molar-refractivity contribution in [3.8, 4) is 0 Å². The van der Waals surface area contributed by atoms with E-state index in [1.54, 1.807) is 11.8 Å². The highest BCUT2D eigenvalue weighted by molar-refractivity contribution is 7.98. The first-order chi connectivity index (χ1) is 7.63. The molecule has 3 N–H and O–H groups in total. The largest absolute Gasteiger partial charge is 0.396 e. The van der Waals surface area contributed by atoms with Gasteiger partial charge in [-0.15, -0.1) is 11.8 Å². The lowest BCUT2D eigenvalue weighted by atomic mass is 9.93. The first-order valence-corrected chi connectivity index (χ1v) is 6.46. The summed E-state index contributed by atoms with van der Waals surface area (Å²) in [4.78, 5) is 1.22. The molecule has 16 heavy (non-hydrogen) atoms. The Morgan fingerprint density at radius 1 is 1.19 bits per heavy atom. The van der Waals surface area contributed by atoms with Crippen molar-refractivity contribution in [1.82, 2.24) is 0 Å². The lowest BCUT2D eigenvalue weighted by Crippen LogP contribution is -2.33. The molecule has 0 saturated carbocycles. The first kappa shape index (κ1) is 13.4. The van der Waals surface area contributed by atoms with Crippen LogP contribution in [0, 0.1) is 5.41 Å². The molecule has 4 heteroatoms. The van der Waals surface area contributed by atoms with E-state index < -0.39 is 5.41 Å². The molecule has 1 aromatic rings. The smallest absolute Gasteiger partial charge is 0.0523 e. The number of hydrogen-bond donors (Lipinski definition) is 3. The number of rotatable bonds is 6. The van der Waals surface area contributed by atoms with Gasteiger partial charge in [0.2, 0.25) is 0 Å². The third-order valence-electron chi connectivity index (χ3n) is 2.57. The first-order valence-electron chi connectivity index (χ1n) is 5.23. The zero-order valence-electron chi connectivity index (χ0n) is 9.73. The van der Waals surface area contributed by atoms with E-state index in [0.717, 1.165) is 5.69 Å². The van der Waals surface area contributed by atoms with Crippen molar-refractivity contribution < 1.29 is 10.2 Å². The normalized spacial score (nSPS) is 11.5. The summed E-state index contributed by atoms with van der Waals surface area (Å²) in [6.45, 7) is 2.34. The maximum absolute atomic E-state index is 9.14. The molecular formula is C12H19NO2S. The number of nitrogens with one attached hydrogen (secondary N) is 1. The highest BCUT2D eigenvalue weighted by Gasteiger charge is 2.21. The van der Waals surface area contributed by atoms with Crippen molar-refractivity contribution in [3.05, 3.63) is 24.3 Å². The Hall–Kier alpha value is -0.710. The Balaban J connectivity index is 2.54. The number of anilines is 1. The van der Waals surface area contributed by atoms with Crippen LogP contribution in [0.25, 0.3) is 0 Å². The molecule has 0 saturated heterocycles. The Kier molecular flexibility index (Phi) is 5.12. The fourth-order valence-corrected chi connectivity index (χ4v) is 1.59. The minimum atomic E-state index is -0.474. The van der Waals surface area contributed by atoms with E-state index in [2.05, 4.69) is 5.32 Å². The van der Waals surface area contributed by atoms with Gasteiger partial charge in [-0.05, 0) is 30.5 Å². The third kappa shape index (κ3) is 3.70. The highest BCUT2D eigenvalue weighted by Crippen LogP contribution is 2.19. The van der Waals surface area contributed by atoms with Crippen molar-refractivity contribution in [2.24, 2.45) is 5.41 Å². The van der Waals surface area contributed by atoms with Crippen molar-refractivity contribution in [1.29, 1.82) is 0 Å². The molecule has 0 radical (unpaired) electrons. The molecule has 1 rings (SSSR count). The molecule has 0 aliphatic heterocycles. The molecule has 0 spiro atoms. The van der Waals surface area contributed by atoms with Gasteiger partial charge in [-0.25, -0.2) is 0 Å². The lowest BCUT2D eigenvalue weighted by Gasteiger charge is -2.25. The molecule has 0 unspecified atom stereocenters. The third-order valence-corrected chi connectivity index (χ3v) is 3.32. The predicted octanol–water partition coefficient (Wildman–Crippen LogP) is 1.81. The van der Waals surface area contributed by atoms with Gasteiger partial charge in [0.15, 0.2) is 0 Å². The summed E-state index contributed by atoms with van der Waals surface area (Å²) in [7, 11) is 0. The minimum Gasteiger partial charge on any atom is -0.396 e. The van der Waals surface area contributed by atoms with Gasteiger partial charge in [0.1, 0.15) is 0 Å². The van der Waals surface area contributed by atoms with Gasteiger partial charge in [0, 0.05) is 22.5 Å². The number of aliphatic hydroxyl groups excluding tert-OH is 2. The molecule has 0 amide bonds. The summed E-state index contributed by atoms with van der Waals surface area (Å²) in [5.41, 5.74) is 0.531. The van der Waals surface area contributed by atoms with E-state index in [-0.39, 0.29) is 13.2 Å². The van der Waals surface area contributed by atoms with Crippen LogP contribution in [0.3, 0.4) is 0 Å². The zero-order chi connectivity index (χ0) is 12.0. The van der Waals surface area contributed by atoms with E-state index >= 15 is 0 Å². The average Bonchev–Trinajstić information content (AvgIpc) is 2.36. The van der Waals surface area contributed by atoms with Gasteiger partial charge >= 0.3 is 0 Å². The molecular weight excluding hydrogens is 222 g/mol. The Bertz CT molecular complexity index is 309. The number of thioether (sulfide) groups is 1. The molecule has 0 bridgehead atoms. The van der Waals surface area contributed by atoms with Crippen LogP contribution >= 0.6 is 11.8 Å². The molecule has 0 atom stereocenters. The van der Waals surface area contributed by atoms with Crippen LogP contribution in [-0.4, -0.2) is 36.2 Å². The fraction of sp³-hybridized carbons (Fsp3) is 0.500. The zero-order valence-corrected chi connectivity index (χ0v) is 10.5. The van der Waals surface area contributed by atoms with Crippen molar-refractivity contribution in [3.63, 3.8) is 0 Å². The SMILES string of the molecule is CSc1ccc(NCC(C)(CO)CO)cc1. The molecule has 0 aromatic heterocycles. The lowest BCUT2D eigenvalue weighted by molar-refractivity contribution is 0.0806. The van der Waals surface area contributed by atoms with Gasteiger partial charge in [0.05, 0.1) is 13.2 Å². The van der Waals surface area contributed by atoms with Crippen molar-refractivity contribution in [2.45, 2.75) is 11.8 Å². The maximum atomic E-state index is 9.14. The van der Waals surface area contributed by atoms with Crippen LogP contribution in [0.4, 0.5) is 5.69 Å². The summed E-state index contributed by atoms with van der Waals surface area (Å²) in [6, 6.07) is 8.09. The summed E-state index contributed by atoms with van der Waals surface area (Å²) in [6.07, 6.45) is 2.04. The summed E-state index contributed by atoms with van der Waals surface area (Å²) < 4.78 is 0. The summed E-state index contributed by atoms with van der Waals surface area (Å²) in [5, 5.41) is 21.5. The second-order valence-corrected chi connectivity index (χ2v) is 5.09. The second kappa shape index (κ2) is 6.13. The monoisotopic (exact) mass is 241 g/mol. The summed E-state index contributed by atoms with van der Waals surface area (Å²) >= 11 is 1.70. The van der Waals surface area contributed by atoms with Gasteiger partial charge in [-0.3, -0.25) is 0 Å². The van der Waals surface area contributed by atoms with Crippen LogP contribution in [0.15, 0.2) is 29.2 Å². The van der Waals surface area contributed by atoms with Crippen LogP contribution in [0.2, 0.25) is 0 Å². The maximum Gasteiger partial charge on any atom is 0.0523 e. The molecule has 3 nitrogen and oxygen atoms in total. The number of hydrogen-bond acceptors (Lipinski definition) is 4. The van der Waals surface area contributed by atoms with Gasteiger partial charge < -0.3 is 15.5 Å². The highest BCUT2D eigenvalue weighted by atomic mass is 32.2. The second-order valence-electron chi connectivity index (χ2n) is 4.21. The van der Waals surface area contributed by atoms with E-state index in [1.165, 1.54) is 4.90 Å². The van der Waals surface area contributed by atoms with Gasteiger partial charge in [0.25, 0.3) is 0 Å². The Labute approximate surface area is 101 Å². The Morgan fingerprint density at radius 2 is 1.75 bits per heavy atom. The number of aliphatic hydroxyl groups is 2. The summed E-state index contributed by atoms with van der Waals surface area (Å²) in [5.74, 6) is 0. The number of benzene rings is 1. The molecule has 0 aliphatic rings. The molecule has 1 aromatic carbocycles. The molecule has 0 fully saturated rings. The van der Waals surface area contributed by atoms with Crippen molar-refractivity contribution >= 4 is 17.4 Å². The topological polar surface area (TPSA) is 52.5 Å². The molecule has 0 heterocycles. The van der Waals surface area contributed by atoms with E-state index in [1.807, 2.05) is 37.4 Å².